The van der Waals surface area contributed by atoms with Crippen LogP contribution in [0.4, 0.5) is 11.7 Å². The van der Waals surface area contributed by atoms with Crippen molar-refractivity contribution < 1.29 is 9.15 Å². The van der Waals surface area contributed by atoms with Crippen LogP contribution in [0.1, 0.15) is 25.3 Å². The molecule has 28 heavy (non-hydrogen) atoms. The molecule has 0 aliphatic rings. The Morgan fingerprint density at radius 3 is 2.61 bits per heavy atom. The Kier molecular flexibility index (Phi) is 5.29. The Balaban J connectivity index is 1.61. The number of methoxy groups -OCH3 is 1. The Hall–Kier alpha value is -3.27. The highest BCUT2D eigenvalue weighted by Crippen LogP contribution is 2.32. The molecule has 0 saturated carbocycles. The molecule has 0 aliphatic heterocycles. The summed E-state index contributed by atoms with van der Waals surface area (Å²) >= 11 is 0. The van der Waals surface area contributed by atoms with Crippen molar-refractivity contribution in [3.8, 4) is 16.9 Å². The average Bonchev–Trinajstić information content (AvgIpc) is 3.15. The van der Waals surface area contributed by atoms with Gasteiger partial charge in [0.15, 0.2) is 5.58 Å². The van der Waals surface area contributed by atoms with E-state index in [0.29, 0.717) is 6.01 Å². The summed E-state index contributed by atoms with van der Waals surface area (Å²) in [6.07, 6.45) is 3.53. The Morgan fingerprint density at radius 2 is 1.82 bits per heavy atom. The first-order valence-corrected chi connectivity index (χ1v) is 9.67. The summed E-state index contributed by atoms with van der Waals surface area (Å²) in [7, 11) is 1.67. The SMILES string of the molecule is CCCCc1ccc(Nc2nc3c(-c4cccc(OC)c4)cccc3o2)cc1. The van der Waals surface area contributed by atoms with E-state index >= 15 is 0 Å². The van der Waals surface area contributed by atoms with Crippen molar-refractivity contribution in [2.45, 2.75) is 26.2 Å². The number of ether oxygens (including phenoxy) is 1. The quantitative estimate of drug-likeness (QED) is 0.397. The summed E-state index contributed by atoms with van der Waals surface area (Å²) in [6, 6.07) is 22.9. The number of aromatic nitrogens is 1. The number of aryl methyl sites for hydroxylation is 1. The lowest BCUT2D eigenvalue weighted by Crippen LogP contribution is -1.91. The molecule has 0 fully saturated rings. The van der Waals surface area contributed by atoms with Crippen LogP contribution in [-0.4, -0.2) is 12.1 Å². The molecule has 4 nitrogen and oxygen atoms in total. The van der Waals surface area contributed by atoms with Gasteiger partial charge >= 0.3 is 0 Å². The molecule has 0 spiro atoms. The average molecular weight is 372 g/mol. The molecule has 1 aromatic heterocycles. The highest BCUT2D eigenvalue weighted by atomic mass is 16.5. The van der Waals surface area contributed by atoms with Gasteiger partial charge in [0.25, 0.3) is 6.01 Å². The topological polar surface area (TPSA) is 47.3 Å². The normalized spacial score (nSPS) is 10.9. The molecule has 0 unspecified atom stereocenters. The van der Waals surface area contributed by atoms with Gasteiger partial charge in [0.1, 0.15) is 11.3 Å². The van der Waals surface area contributed by atoms with Crippen LogP contribution in [0.15, 0.2) is 71.1 Å². The third-order valence-electron chi connectivity index (χ3n) is 4.82. The second kappa shape index (κ2) is 8.17. The number of oxazole rings is 1. The van der Waals surface area contributed by atoms with E-state index < -0.39 is 0 Å². The lowest BCUT2D eigenvalue weighted by Gasteiger charge is -2.05. The highest BCUT2D eigenvalue weighted by molar-refractivity contribution is 5.92. The van der Waals surface area contributed by atoms with Crippen molar-refractivity contribution in [1.82, 2.24) is 4.98 Å². The van der Waals surface area contributed by atoms with Gasteiger partial charge < -0.3 is 14.5 Å². The maximum absolute atomic E-state index is 5.93. The molecule has 4 heteroatoms. The van der Waals surface area contributed by atoms with Crippen LogP contribution < -0.4 is 10.1 Å². The number of para-hydroxylation sites is 1. The fourth-order valence-corrected chi connectivity index (χ4v) is 3.28. The van der Waals surface area contributed by atoms with Gasteiger partial charge in [0.2, 0.25) is 0 Å². The zero-order valence-corrected chi connectivity index (χ0v) is 16.2. The smallest absolute Gasteiger partial charge is 0.300 e. The molecule has 3 aromatic carbocycles. The molecule has 0 saturated heterocycles. The van der Waals surface area contributed by atoms with Crippen molar-refractivity contribution in [1.29, 1.82) is 0 Å². The zero-order valence-electron chi connectivity index (χ0n) is 16.2. The van der Waals surface area contributed by atoms with E-state index in [1.165, 1.54) is 18.4 Å². The standard InChI is InChI=1S/C24H24N2O2/c1-3-4-7-17-12-14-19(15-13-17)25-24-26-23-21(10-6-11-22(23)28-24)18-8-5-9-20(16-18)27-2/h5-6,8-16H,3-4,7H2,1-2H3,(H,25,26). The fraction of sp³-hybridized carbons (Fsp3) is 0.208. The summed E-state index contributed by atoms with van der Waals surface area (Å²) in [6.45, 7) is 2.21. The molecule has 142 valence electrons. The fourth-order valence-electron chi connectivity index (χ4n) is 3.28. The Morgan fingerprint density at radius 1 is 1.00 bits per heavy atom. The van der Waals surface area contributed by atoms with Crippen LogP contribution in [0, 0.1) is 0 Å². The van der Waals surface area contributed by atoms with Crippen molar-refractivity contribution in [3.05, 3.63) is 72.3 Å². The van der Waals surface area contributed by atoms with Crippen LogP contribution >= 0.6 is 0 Å². The number of rotatable bonds is 7. The minimum Gasteiger partial charge on any atom is -0.497 e. The third kappa shape index (κ3) is 3.86. The van der Waals surface area contributed by atoms with Crippen LogP contribution in [0.3, 0.4) is 0 Å². The third-order valence-corrected chi connectivity index (χ3v) is 4.82. The number of hydrogen-bond acceptors (Lipinski definition) is 4. The second-order valence-corrected chi connectivity index (χ2v) is 6.83. The predicted molar refractivity (Wildman–Crippen MR) is 114 cm³/mol. The zero-order chi connectivity index (χ0) is 19.3. The van der Waals surface area contributed by atoms with Crippen LogP contribution in [0.2, 0.25) is 0 Å². The van der Waals surface area contributed by atoms with Gasteiger partial charge in [-0.25, -0.2) is 0 Å². The molecule has 0 amide bonds. The molecule has 4 aromatic rings. The van der Waals surface area contributed by atoms with E-state index in [0.717, 1.165) is 40.1 Å². The summed E-state index contributed by atoms with van der Waals surface area (Å²) < 4.78 is 11.3. The molecule has 0 aliphatic carbocycles. The molecule has 1 heterocycles. The second-order valence-electron chi connectivity index (χ2n) is 6.83. The maximum atomic E-state index is 5.93. The number of fused-ring (bicyclic) bond motifs is 1. The molecule has 0 radical (unpaired) electrons. The van der Waals surface area contributed by atoms with E-state index in [1.807, 2.05) is 42.5 Å². The van der Waals surface area contributed by atoms with E-state index in [9.17, 15) is 0 Å². The van der Waals surface area contributed by atoms with Gasteiger partial charge in [0.05, 0.1) is 7.11 Å². The van der Waals surface area contributed by atoms with Gasteiger partial charge in [-0.1, -0.05) is 49.7 Å². The maximum Gasteiger partial charge on any atom is 0.300 e. The summed E-state index contributed by atoms with van der Waals surface area (Å²) in [4.78, 5) is 4.69. The van der Waals surface area contributed by atoms with Gasteiger partial charge in [-0.3, -0.25) is 0 Å². The lowest BCUT2D eigenvalue weighted by atomic mass is 10.0. The Bertz CT molecular complexity index is 1070. The molecule has 0 atom stereocenters. The largest absolute Gasteiger partial charge is 0.497 e. The van der Waals surface area contributed by atoms with E-state index in [4.69, 9.17) is 14.1 Å². The van der Waals surface area contributed by atoms with Gasteiger partial charge in [-0.15, -0.1) is 0 Å². The van der Waals surface area contributed by atoms with E-state index in [-0.39, 0.29) is 0 Å². The van der Waals surface area contributed by atoms with Crippen molar-refractivity contribution in [3.63, 3.8) is 0 Å². The van der Waals surface area contributed by atoms with Crippen LogP contribution in [0.25, 0.3) is 22.2 Å². The predicted octanol–water partition coefficient (Wildman–Crippen LogP) is 6.59. The van der Waals surface area contributed by atoms with Crippen molar-refractivity contribution in [2.24, 2.45) is 0 Å². The van der Waals surface area contributed by atoms with E-state index in [2.05, 4.69) is 36.5 Å². The number of benzene rings is 3. The summed E-state index contributed by atoms with van der Waals surface area (Å²) in [5.74, 6) is 0.819. The monoisotopic (exact) mass is 372 g/mol. The first-order valence-electron chi connectivity index (χ1n) is 9.67. The number of unbranched alkanes of at least 4 members (excludes halogenated alkanes) is 1. The molecule has 4 rings (SSSR count). The Labute approximate surface area is 165 Å². The minimum absolute atomic E-state index is 0.492. The van der Waals surface area contributed by atoms with Crippen molar-refractivity contribution >= 4 is 22.8 Å². The summed E-state index contributed by atoms with van der Waals surface area (Å²) in [5.41, 5.74) is 5.97. The number of anilines is 2. The molecular formula is C24H24N2O2. The van der Waals surface area contributed by atoms with Crippen LogP contribution in [0.5, 0.6) is 5.75 Å². The molecular weight excluding hydrogens is 348 g/mol. The van der Waals surface area contributed by atoms with E-state index in [1.54, 1.807) is 7.11 Å². The molecule has 0 bridgehead atoms. The minimum atomic E-state index is 0.492. The number of hydrogen-bond donors (Lipinski definition) is 1. The molecule has 1 N–H and O–H groups in total. The van der Waals surface area contributed by atoms with Gasteiger partial charge in [-0.05, 0) is 54.3 Å². The van der Waals surface area contributed by atoms with Gasteiger partial charge in [0, 0.05) is 11.3 Å². The summed E-state index contributed by atoms with van der Waals surface area (Å²) in [5, 5.41) is 3.28. The van der Waals surface area contributed by atoms with Crippen LogP contribution in [-0.2, 0) is 6.42 Å². The van der Waals surface area contributed by atoms with Gasteiger partial charge in [-0.2, -0.15) is 4.98 Å². The number of nitrogens with one attached hydrogen (secondary N) is 1. The van der Waals surface area contributed by atoms with Crippen molar-refractivity contribution in [2.75, 3.05) is 12.4 Å². The lowest BCUT2D eigenvalue weighted by molar-refractivity contribution is 0.415. The first-order chi connectivity index (χ1) is 13.8. The number of nitrogens with zero attached hydrogens (tertiary/aromatic N) is 1. The first kappa shape index (κ1) is 18.1. The highest BCUT2D eigenvalue weighted by Gasteiger charge is 2.12.